The molecule has 2 aliphatic carbocycles. The molecule has 0 unspecified atom stereocenters. The molecule has 5 rings (SSSR count). The molecule has 1 spiro atoms. The van der Waals surface area contributed by atoms with Crippen LogP contribution in [-0.2, 0) is 16.0 Å². The molecule has 2 heterocycles. The van der Waals surface area contributed by atoms with E-state index >= 15 is 0 Å². The van der Waals surface area contributed by atoms with Gasteiger partial charge in [-0.3, -0.25) is 4.79 Å². The van der Waals surface area contributed by atoms with E-state index in [1.165, 1.54) is 25.7 Å². The molecule has 3 aliphatic rings. The van der Waals surface area contributed by atoms with Crippen molar-refractivity contribution in [3.8, 4) is 11.8 Å². The van der Waals surface area contributed by atoms with E-state index in [2.05, 4.69) is 38.1 Å². The van der Waals surface area contributed by atoms with Crippen molar-refractivity contribution in [1.29, 1.82) is 0 Å². The van der Waals surface area contributed by atoms with Crippen molar-refractivity contribution in [2.75, 3.05) is 25.2 Å². The van der Waals surface area contributed by atoms with Gasteiger partial charge < -0.3 is 14.4 Å². The van der Waals surface area contributed by atoms with Gasteiger partial charge in [0.2, 0.25) is 0 Å². The monoisotopic (exact) mass is 470 g/mol. The second-order valence-corrected chi connectivity index (χ2v) is 9.31. The third-order valence-electron chi connectivity index (χ3n) is 5.81. The molecule has 2 saturated carbocycles. The summed E-state index contributed by atoms with van der Waals surface area (Å²) in [5.74, 6) is 6.76. The number of rotatable bonds is 4. The third kappa shape index (κ3) is 4.29. The van der Waals surface area contributed by atoms with Crippen LogP contribution in [-0.4, -0.2) is 47.5 Å². The first-order chi connectivity index (χ1) is 14.5. The van der Waals surface area contributed by atoms with Crippen LogP contribution in [0, 0.1) is 23.2 Å². The molecule has 1 saturated heterocycles. The van der Waals surface area contributed by atoms with E-state index < -0.39 is 0 Å². The molecule has 8 heteroatoms. The number of anilines is 1. The van der Waals surface area contributed by atoms with E-state index in [-0.39, 0.29) is 23.3 Å². The second kappa shape index (κ2) is 7.80. The number of hydrogen-bond acceptors (Lipinski definition) is 5. The third-order valence-corrected chi connectivity index (χ3v) is 6.45. The molecular formula is C22H23BrN4O3. The molecule has 1 aromatic heterocycles. The Balaban J connectivity index is 1.23. The van der Waals surface area contributed by atoms with Crippen LogP contribution in [0.5, 0.6) is 0 Å². The quantitative estimate of drug-likeness (QED) is 0.641. The summed E-state index contributed by atoms with van der Waals surface area (Å²) in [5.41, 5.74) is 2.22. The molecule has 7 nitrogen and oxygen atoms in total. The lowest BCUT2D eigenvalue weighted by Gasteiger charge is -2.29. The van der Waals surface area contributed by atoms with Gasteiger partial charge in [-0.2, -0.15) is 0 Å². The Morgan fingerprint density at radius 2 is 2.10 bits per heavy atom. The molecule has 0 radical (unpaired) electrons. The van der Waals surface area contributed by atoms with Crippen LogP contribution in [0.1, 0.15) is 41.7 Å². The fraction of sp³-hybridized carbons (Fsp3) is 0.500. The maximum Gasteiger partial charge on any atom is 0.280 e. The molecule has 0 N–H and O–H groups in total. The summed E-state index contributed by atoms with van der Waals surface area (Å²) in [6.45, 7) is 1.88. The van der Waals surface area contributed by atoms with Gasteiger partial charge in [0.05, 0.1) is 31.6 Å². The standard InChI is InChI=1S/C22H23BrN4O3/c1-26(19-7-6-16(10-17(19)23)5-4-15-2-3-15)21(28)18-11-27(25-24-18)12-20-29-13-22(8-9-22)14-30-20/h6-7,10-11,15,20H,2-3,8-9,12-14H2,1H3. The fourth-order valence-corrected chi connectivity index (χ4v) is 4.03. The largest absolute Gasteiger partial charge is 0.350 e. The maximum absolute atomic E-state index is 12.9. The summed E-state index contributed by atoms with van der Waals surface area (Å²) in [7, 11) is 1.72. The molecule has 156 valence electrons. The smallest absolute Gasteiger partial charge is 0.280 e. The van der Waals surface area contributed by atoms with Gasteiger partial charge in [-0.15, -0.1) is 5.10 Å². The van der Waals surface area contributed by atoms with Crippen LogP contribution in [0.3, 0.4) is 0 Å². The van der Waals surface area contributed by atoms with E-state index in [4.69, 9.17) is 9.47 Å². The van der Waals surface area contributed by atoms with Crippen molar-refractivity contribution in [3.05, 3.63) is 40.1 Å². The van der Waals surface area contributed by atoms with Gasteiger partial charge in [-0.25, -0.2) is 4.68 Å². The van der Waals surface area contributed by atoms with Crippen LogP contribution in [0.4, 0.5) is 5.69 Å². The summed E-state index contributed by atoms with van der Waals surface area (Å²) in [4.78, 5) is 14.5. The Morgan fingerprint density at radius 3 is 2.77 bits per heavy atom. The van der Waals surface area contributed by atoms with Crippen molar-refractivity contribution in [2.24, 2.45) is 11.3 Å². The maximum atomic E-state index is 12.9. The van der Waals surface area contributed by atoms with Gasteiger partial charge in [0.1, 0.15) is 0 Å². The van der Waals surface area contributed by atoms with Crippen molar-refractivity contribution >= 4 is 27.5 Å². The highest BCUT2D eigenvalue weighted by molar-refractivity contribution is 9.10. The van der Waals surface area contributed by atoms with E-state index in [9.17, 15) is 4.79 Å². The normalized spacial score (nSPS) is 19.9. The first-order valence-corrected chi connectivity index (χ1v) is 11.0. The second-order valence-electron chi connectivity index (χ2n) is 8.45. The van der Waals surface area contributed by atoms with Gasteiger partial charge >= 0.3 is 0 Å². The number of ether oxygens (including phenoxy) is 2. The average molecular weight is 471 g/mol. The molecule has 1 aromatic carbocycles. The summed E-state index contributed by atoms with van der Waals surface area (Å²) in [5, 5.41) is 8.12. The number of benzene rings is 1. The molecule has 2 aromatic rings. The van der Waals surface area contributed by atoms with Gasteiger partial charge in [0, 0.05) is 28.4 Å². The van der Waals surface area contributed by atoms with Crippen molar-refractivity contribution in [2.45, 2.75) is 38.5 Å². The topological polar surface area (TPSA) is 69.5 Å². The number of aromatic nitrogens is 3. The van der Waals surface area contributed by atoms with Crippen LogP contribution in [0.2, 0.25) is 0 Å². The Labute approximate surface area is 183 Å². The van der Waals surface area contributed by atoms with Gasteiger partial charge in [-0.05, 0) is 59.8 Å². The van der Waals surface area contributed by atoms with Crippen LogP contribution in [0.25, 0.3) is 0 Å². The minimum Gasteiger partial charge on any atom is -0.350 e. The van der Waals surface area contributed by atoms with Gasteiger partial charge in [0.15, 0.2) is 12.0 Å². The predicted octanol–water partition coefficient (Wildman–Crippen LogP) is 3.23. The summed E-state index contributed by atoms with van der Waals surface area (Å²) in [6, 6.07) is 5.76. The molecule has 3 fully saturated rings. The number of hydrogen-bond donors (Lipinski definition) is 0. The number of amides is 1. The number of carbonyl (C=O) groups excluding carboxylic acids is 1. The minimum absolute atomic E-state index is 0.235. The van der Waals surface area contributed by atoms with Crippen molar-refractivity contribution < 1.29 is 14.3 Å². The predicted molar refractivity (Wildman–Crippen MR) is 114 cm³/mol. The average Bonchev–Trinajstić information content (AvgIpc) is 3.67. The highest BCUT2D eigenvalue weighted by Gasteiger charge is 2.47. The van der Waals surface area contributed by atoms with Crippen LogP contribution in [0.15, 0.2) is 28.9 Å². The Hall–Kier alpha value is -2.21. The van der Waals surface area contributed by atoms with Gasteiger partial charge in [0.25, 0.3) is 5.91 Å². The van der Waals surface area contributed by atoms with Crippen LogP contribution >= 0.6 is 15.9 Å². The molecule has 1 aliphatic heterocycles. The number of halogens is 1. The molecule has 0 atom stereocenters. The van der Waals surface area contributed by atoms with Crippen molar-refractivity contribution in [1.82, 2.24) is 15.0 Å². The Morgan fingerprint density at radius 1 is 1.33 bits per heavy atom. The molecule has 30 heavy (non-hydrogen) atoms. The van der Waals surface area contributed by atoms with E-state index in [0.29, 0.717) is 12.5 Å². The lowest BCUT2D eigenvalue weighted by atomic mass is 10.1. The minimum atomic E-state index is -0.350. The van der Waals surface area contributed by atoms with Gasteiger partial charge in [-0.1, -0.05) is 17.1 Å². The lowest BCUT2D eigenvalue weighted by Crippen LogP contribution is -2.36. The Bertz CT molecular complexity index is 1020. The summed E-state index contributed by atoms with van der Waals surface area (Å²) < 4.78 is 14.0. The van der Waals surface area contributed by atoms with E-state index in [1.54, 1.807) is 22.8 Å². The molecular weight excluding hydrogens is 448 g/mol. The first-order valence-electron chi connectivity index (χ1n) is 10.2. The van der Waals surface area contributed by atoms with E-state index in [0.717, 1.165) is 28.9 Å². The molecule has 0 bridgehead atoms. The van der Waals surface area contributed by atoms with E-state index in [1.807, 2.05) is 18.2 Å². The first kappa shape index (κ1) is 19.7. The highest BCUT2D eigenvalue weighted by atomic mass is 79.9. The highest BCUT2D eigenvalue weighted by Crippen LogP contribution is 2.48. The Kier molecular flexibility index (Phi) is 5.13. The zero-order chi connectivity index (χ0) is 20.7. The number of carbonyl (C=O) groups is 1. The number of nitrogens with zero attached hydrogens (tertiary/aromatic N) is 4. The summed E-state index contributed by atoms with van der Waals surface area (Å²) in [6.07, 6.45) is 6.04. The zero-order valence-corrected chi connectivity index (χ0v) is 18.4. The summed E-state index contributed by atoms with van der Waals surface area (Å²) >= 11 is 3.56. The fourth-order valence-electron chi connectivity index (χ4n) is 3.39. The lowest BCUT2D eigenvalue weighted by molar-refractivity contribution is -0.213. The molecule has 1 amide bonds. The van der Waals surface area contributed by atoms with Crippen molar-refractivity contribution in [3.63, 3.8) is 0 Å². The zero-order valence-electron chi connectivity index (χ0n) is 16.8. The van der Waals surface area contributed by atoms with Crippen LogP contribution < -0.4 is 4.90 Å². The SMILES string of the molecule is CN(C(=O)c1cn(CC2OCC3(CC3)CO2)nn1)c1ccc(C#CC2CC2)cc1Br.